The van der Waals surface area contributed by atoms with Gasteiger partial charge in [0.05, 0.1) is 0 Å². The van der Waals surface area contributed by atoms with Crippen molar-refractivity contribution in [2.24, 2.45) is 5.92 Å². The van der Waals surface area contributed by atoms with Crippen LogP contribution in [0.4, 0.5) is 0 Å². The van der Waals surface area contributed by atoms with E-state index < -0.39 is 0 Å². The van der Waals surface area contributed by atoms with Crippen LogP contribution in [0.1, 0.15) is 38.3 Å². The van der Waals surface area contributed by atoms with E-state index >= 15 is 0 Å². The maximum atomic E-state index is 3.66. The molecule has 1 N–H and O–H groups in total. The first-order valence-electron chi connectivity index (χ1n) is 7.21. The van der Waals surface area contributed by atoms with E-state index in [-0.39, 0.29) is 0 Å². The van der Waals surface area contributed by atoms with Crippen LogP contribution in [0.2, 0.25) is 0 Å². The van der Waals surface area contributed by atoms with Crippen molar-refractivity contribution in [3.63, 3.8) is 0 Å². The number of benzene rings is 1. The second-order valence-corrected chi connectivity index (χ2v) is 6.29. The van der Waals surface area contributed by atoms with Gasteiger partial charge in [0.2, 0.25) is 0 Å². The Hall–Kier alpha value is -0.860. The predicted molar refractivity (Wildman–Crippen MR) is 75.6 cm³/mol. The summed E-state index contributed by atoms with van der Waals surface area (Å²) in [6.45, 7) is 8.30. The van der Waals surface area contributed by atoms with E-state index in [4.69, 9.17) is 0 Å². The summed E-state index contributed by atoms with van der Waals surface area (Å²) in [4.78, 5) is 2.69. The highest BCUT2D eigenvalue weighted by atomic mass is 15.3. The number of hydrogen-bond acceptors (Lipinski definition) is 2. The lowest BCUT2D eigenvalue weighted by molar-refractivity contribution is 0.0653. The normalized spacial score (nSPS) is 26.2. The minimum atomic E-state index is 0.384. The lowest BCUT2D eigenvalue weighted by Gasteiger charge is -2.44. The Bertz CT molecular complexity index is 395. The van der Waals surface area contributed by atoms with Crippen molar-refractivity contribution in [3.05, 3.63) is 35.9 Å². The summed E-state index contributed by atoms with van der Waals surface area (Å²) in [5.41, 5.74) is 1.81. The first kappa shape index (κ1) is 12.2. The third-order valence-electron chi connectivity index (χ3n) is 4.77. The van der Waals surface area contributed by atoms with Gasteiger partial charge in [-0.2, -0.15) is 0 Å². The highest BCUT2D eigenvalue weighted by Gasteiger charge is 2.43. The number of nitrogens with one attached hydrogen (secondary N) is 1. The van der Waals surface area contributed by atoms with Gasteiger partial charge in [0.25, 0.3) is 0 Å². The largest absolute Gasteiger partial charge is 0.308 e. The van der Waals surface area contributed by atoms with Crippen LogP contribution in [0.25, 0.3) is 0 Å². The number of nitrogens with zero attached hydrogens (tertiary/aromatic N) is 1. The second-order valence-electron chi connectivity index (χ2n) is 6.29. The van der Waals surface area contributed by atoms with E-state index in [1.807, 2.05) is 0 Å². The number of hydrogen-bond donors (Lipinski definition) is 1. The lowest BCUT2D eigenvalue weighted by Crippen LogP contribution is -2.55. The molecule has 0 radical (unpaired) electrons. The molecule has 2 fully saturated rings. The van der Waals surface area contributed by atoms with Gasteiger partial charge in [-0.15, -0.1) is 0 Å². The van der Waals surface area contributed by atoms with Gasteiger partial charge in [-0.05, 0) is 38.2 Å². The van der Waals surface area contributed by atoms with Crippen LogP contribution >= 0.6 is 0 Å². The molecule has 0 spiro atoms. The summed E-state index contributed by atoms with van der Waals surface area (Å²) < 4.78 is 0. The Labute approximate surface area is 110 Å². The minimum absolute atomic E-state index is 0.384. The summed E-state index contributed by atoms with van der Waals surface area (Å²) >= 11 is 0. The predicted octanol–water partition coefficient (Wildman–Crippen LogP) is 2.82. The molecule has 1 aromatic carbocycles. The van der Waals surface area contributed by atoms with Crippen molar-refractivity contribution >= 4 is 0 Å². The van der Waals surface area contributed by atoms with E-state index in [2.05, 4.69) is 54.4 Å². The van der Waals surface area contributed by atoms with Crippen molar-refractivity contribution in [2.75, 3.05) is 19.6 Å². The highest BCUT2D eigenvalue weighted by Crippen LogP contribution is 2.43. The standard InChI is InChI=1S/C16H24N2/c1-16(2,14-8-9-14)18-11-10-17-15(12-18)13-6-4-3-5-7-13/h3-7,14-15,17H,8-12H2,1-2H3. The van der Waals surface area contributed by atoms with Gasteiger partial charge < -0.3 is 5.32 Å². The topological polar surface area (TPSA) is 15.3 Å². The van der Waals surface area contributed by atoms with Gasteiger partial charge in [0.15, 0.2) is 0 Å². The van der Waals surface area contributed by atoms with Crippen LogP contribution in [0.5, 0.6) is 0 Å². The summed E-state index contributed by atoms with van der Waals surface area (Å²) in [6.07, 6.45) is 2.85. The van der Waals surface area contributed by atoms with Crippen LogP contribution in [-0.2, 0) is 0 Å². The monoisotopic (exact) mass is 244 g/mol. The zero-order valence-corrected chi connectivity index (χ0v) is 11.5. The highest BCUT2D eigenvalue weighted by molar-refractivity contribution is 5.20. The fourth-order valence-corrected chi connectivity index (χ4v) is 3.23. The second kappa shape index (κ2) is 4.67. The van der Waals surface area contributed by atoms with E-state index in [0.29, 0.717) is 11.6 Å². The maximum absolute atomic E-state index is 3.66. The van der Waals surface area contributed by atoms with Crippen molar-refractivity contribution in [3.8, 4) is 0 Å². The molecule has 0 amide bonds. The Balaban J connectivity index is 1.72. The molecule has 1 aromatic rings. The summed E-state index contributed by atoms with van der Waals surface area (Å²) in [7, 11) is 0. The molecule has 1 saturated heterocycles. The average Bonchev–Trinajstić information content (AvgIpc) is 3.25. The summed E-state index contributed by atoms with van der Waals surface area (Å²) in [5.74, 6) is 0.923. The molecule has 98 valence electrons. The van der Waals surface area contributed by atoms with Crippen LogP contribution in [0.3, 0.4) is 0 Å². The van der Waals surface area contributed by atoms with Gasteiger partial charge >= 0.3 is 0 Å². The maximum Gasteiger partial charge on any atom is 0.0449 e. The summed E-state index contributed by atoms with van der Waals surface area (Å²) in [6, 6.07) is 11.4. The molecule has 1 unspecified atom stereocenters. The molecule has 1 aliphatic heterocycles. The van der Waals surface area contributed by atoms with Crippen molar-refractivity contribution in [1.29, 1.82) is 0 Å². The van der Waals surface area contributed by atoms with E-state index in [1.165, 1.54) is 24.9 Å². The molecule has 2 aliphatic rings. The third kappa shape index (κ3) is 2.32. The molecular formula is C16H24N2. The SMILES string of the molecule is CC(C)(C1CC1)N1CCNC(c2ccccc2)C1. The van der Waals surface area contributed by atoms with E-state index in [1.54, 1.807) is 0 Å². The van der Waals surface area contributed by atoms with Crippen molar-refractivity contribution in [2.45, 2.75) is 38.3 Å². The summed E-state index contributed by atoms with van der Waals surface area (Å²) in [5, 5.41) is 3.66. The molecular weight excluding hydrogens is 220 g/mol. The average molecular weight is 244 g/mol. The molecule has 0 aromatic heterocycles. The quantitative estimate of drug-likeness (QED) is 0.879. The van der Waals surface area contributed by atoms with E-state index in [9.17, 15) is 0 Å². The molecule has 1 atom stereocenters. The number of piperazine rings is 1. The van der Waals surface area contributed by atoms with Gasteiger partial charge in [0.1, 0.15) is 0 Å². The zero-order valence-electron chi connectivity index (χ0n) is 11.5. The molecule has 1 heterocycles. The lowest BCUT2D eigenvalue weighted by atomic mass is 9.93. The van der Waals surface area contributed by atoms with Gasteiger partial charge in [-0.25, -0.2) is 0 Å². The molecule has 2 nitrogen and oxygen atoms in total. The Morgan fingerprint density at radius 1 is 1.17 bits per heavy atom. The zero-order chi connectivity index (χ0) is 12.6. The molecule has 0 bridgehead atoms. The first-order chi connectivity index (χ1) is 8.68. The molecule has 1 aliphatic carbocycles. The fourth-order valence-electron chi connectivity index (χ4n) is 3.23. The van der Waals surface area contributed by atoms with Crippen molar-refractivity contribution < 1.29 is 0 Å². The van der Waals surface area contributed by atoms with Gasteiger partial charge in [-0.1, -0.05) is 30.3 Å². The minimum Gasteiger partial charge on any atom is -0.308 e. The Morgan fingerprint density at radius 3 is 2.56 bits per heavy atom. The Morgan fingerprint density at radius 2 is 1.89 bits per heavy atom. The van der Waals surface area contributed by atoms with Gasteiger partial charge in [-0.3, -0.25) is 4.90 Å². The molecule has 18 heavy (non-hydrogen) atoms. The Kier molecular flexibility index (Phi) is 3.16. The number of rotatable bonds is 3. The van der Waals surface area contributed by atoms with Crippen LogP contribution in [-0.4, -0.2) is 30.1 Å². The van der Waals surface area contributed by atoms with Crippen molar-refractivity contribution in [1.82, 2.24) is 10.2 Å². The van der Waals surface area contributed by atoms with Gasteiger partial charge in [0, 0.05) is 31.2 Å². The fraction of sp³-hybridized carbons (Fsp3) is 0.625. The first-order valence-corrected chi connectivity index (χ1v) is 7.21. The molecule has 3 rings (SSSR count). The smallest absolute Gasteiger partial charge is 0.0449 e. The van der Waals surface area contributed by atoms with E-state index in [0.717, 1.165) is 19.0 Å². The molecule has 2 heteroatoms. The van der Waals surface area contributed by atoms with Crippen LogP contribution in [0.15, 0.2) is 30.3 Å². The van der Waals surface area contributed by atoms with Crippen LogP contribution in [0, 0.1) is 5.92 Å². The third-order valence-corrected chi connectivity index (χ3v) is 4.77. The van der Waals surface area contributed by atoms with Crippen LogP contribution < -0.4 is 5.32 Å². The molecule has 1 saturated carbocycles.